The van der Waals surface area contributed by atoms with Crippen LogP contribution in [0.5, 0.6) is 0 Å². The van der Waals surface area contributed by atoms with E-state index in [1.807, 2.05) is 6.92 Å². The minimum Gasteiger partial charge on any atom is -0.449 e. The van der Waals surface area contributed by atoms with E-state index in [0.29, 0.717) is 25.6 Å². The van der Waals surface area contributed by atoms with Crippen LogP contribution >= 0.6 is 0 Å². The number of hydrogen-bond donors (Lipinski definition) is 1. The van der Waals surface area contributed by atoms with Gasteiger partial charge in [0.15, 0.2) is 0 Å². The van der Waals surface area contributed by atoms with Gasteiger partial charge in [-0.25, -0.2) is 4.79 Å². The molecule has 0 radical (unpaired) electrons. The highest BCUT2D eigenvalue weighted by Gasteiger charge is 2.24. The predicted octanol–water partition coefficient (Wildman–Crippen LogP) is 0.0334. The summed E-state index contributed by atoms with van der Waals surface area (Å²) in [5.41, 5.74) is 5.45. The Morgan fingerprint density at radius 1 is 1.82 bits per heavy atom. The molecule has 0 saturated carbocycles. The SMILES string of the molecule is CCN1CC(CN)COC1=O. The van der Waals surface area contributed by atoms with Gasteiger partial charge in [0, 0.05) is 25.6 Å². The Balaban J connectivity index is 2.44. The zero-order valence-electron chi connectivity index (χ0n) is 6.75. The van der Waals surface area contributed by atoms with Crippen molar-refractivity contribution in [2.45, 2.75) is 6.92 Å². The molecule has 11 heavy (non-hydrogen) atoms. The van der Waals surface area contributed by atoms with Crippen molar-refractivity contribution in [1.29, 1.82) is 0 Å². The Kier molecular flexibility index (Phi) is 2.70. The van der Waals surface area contributed by atoms with Crippen molar-refractivity contribution in [3.8, 4) is 0 Å². The van der Waals surface area contributed by atoms with E-state index in [2.05, 4.69) is 0 Å². The highest BCUT2D eigenvalue weighted by atomic mass is 16.6. The first-order valence-electron chi connectivity index (χ1n) is 3.89. The van der Waals surface area contributed by atoms with Crippen molar-refractivity contribution in [2.75, 3.05) is 26.2 Å². The second-order valence-corrected chi connectivity index (χ2v) is 2.72. The molecule has 2 N–H and O–H groups in total. The fraction of sp³-hybridized carbons (Fsp3) is 0.857. The largest absolute Gasteiger partial charge is 0.449 e. The average Bonchev–Trinajstić information content (AvgIpc) is 2.05. The standard InChI is InChI=1S/C7H14N2O2/c1-2-9-4-6(3-8)5-11-7(9)10/h6H,2-5,8H2,1H3. The van der Waals surface area contributed by atoms with Crippen LogP contribution in [0.25, 0.3) is 0 Å². The molecule has 0 aromatic carbocycles. The normalized spacial score (nSPS) is 25.1. The molecule has 1 atom stereocenters. The molecule has 1 saturated heterocycles. The van der Waals surface area contributed by atoms with Crippen molar-refractivity contribution >= 4 is 6.09 Å². The monoisotopic (exact) mass is 158 g/mol. The molecule has 0 bridgehead atoms. The van der Waals surface area contributed by atoms with Gasteiger partial charge < -0.3 is 15.4 Å². The third-order valence-corrected chi connectivity index (χ3v) is 1.89. The summed E-state index contributed by atoms with van der Waals surface area (Å²) < 4.78 is 4.89. The number of amides is 1. The maximum Gasteiger partial charge on any atom is 0.409 e. The maximum absolute atomic E-state index is 10.9. The lowest BCUT2D eigenvalue weighted by Gasteiger charge is -2.30. The summed E-state index contributed by atoms with van der Waals surface area (Å²) in [5, 5.41) is 0. The summed E-state index contributed by atoms with van der Waals surface area (Å²) in [6, 6.07) is 0. The van der Waals surface area contributed by atoms with Gasteiger partial charge in [-0.3, -0.25) is 0 Å². The lowest BCUT2D eigenvalue weighted by atomic mass is 10.1. The molecule has 4 nitrogen and oxygen atoms in total. The summed E-state index contributed by atoms with van der Waals surface area (Å²) in [6.07, 6.45) is -0.211. The fourth-order valence-electron chi connectivity index (χ4n) is 1.12. The van der Waals surface area contributed by atoms with Crippen LogP contribution in [0.3, 0.4) is 0 Å². The molecule has 0 spiro atoms. The van der Waals surface area contributed by atoms with Gasteiger partial charge in [-0.2, -0.15) is 0 Å². The van der Waals surface area contributed by atoms with Crippen LogP contribution in [0.2, 0.25) is 0 Å². The van der Waals surface area contributed by atoms with Crippen LogP contribution in [0.1, 0.15) is 6.92 Å². The van der Waals surface area contributed by atoms with Crippen LogP contribution in [0.15, 0.2) is 0 Å². The molecule has 1 rings (SSSR count). The number of carbonyl (C=O) groups is 1. The molecule has 1 fully saturated rings. The molecule has 1 aliphatic rings. The number of carbonyl (C=O) groups excluding carboxylic acids is 1. The predicted molar refractivity (Wildman–Crippen MR) is 41.1 cm³/mol. The number of nitrogens with zero attached hydrogens (tertiary/aromatic N) is 1. The zero-order chi connectivity index (χ0) is 8.27. The first kappa shape index (κ1) is 8.33. The molecule has 1 unspecified atom stereocenters. The number of nitrogens with two attached hydrogens (primary N) is 1. The van der Waals surface area contributed by atoms with Crippen molar-refractivity contribution in [2.24, 2.45) is 11.7 Å². The Morgan fingerprint density at radius 2 is 2.55 bits per heavy atom. The molecule has 1 heterocycles. The molecular formula is C7H14N2O2. The average molecular weight is 158 g/mol. The minimum atomic E-state index is -0.211. The number of cyclic esters (lactones) is 1. The topological polar surface area (TPSA) is 55.6 Å². The van der Waals surface area contributed by atoms with Crippen molar-refractivity contribution in [1.82, 2.24) is 4.90 Å². The van der Waals surface area contributed by atoms with Crippen molar-refractivity contribution in [3.05, 3.63) is 0 Å². The van der Waals surface area contributed by atoms with Crippen LogP contribution in [0.4, 0.5) is 4.79 Å². The molecule has 4 heteroatoms. The second-order valence-electron chi connectivity index (χ2n) is 2.72. The summed E-state index contributed by atoms with van der Waals surface area (Å²) in [6.45, 7) is 4.44. The van der Waals surface area contributed by atoms with Crippen molar-refractivity contribution in [3.63, 3.8) is 0 Å². The molecule has 1 aliphatic heterocycles. The maximum atomic E-state index is 10.9. The number of hydrogen-bond acceptors (Lipinski definition) is 3. The van der Waals surface area contributed by atoms with E-state index >= 15 is 0 Å². The molecule has 0 aromatic rings. The van der Waals surface area contributed by atoms with E-state index < -0.39 is 0 Å². The van der Waals surface area contributed by atoms with Crippen LogP contribution in [-0.2, 0) is 4.74 Å². The number of ether oxygens (including phenoxy) is 1. The van der Waals surface area contributed by atoms with Gasteiger partial charge >= 0.3 is 6.09 Å². The summed E-state index contributed by atoms with van der Waals surface area (Å²) in [5.74, 6) is 0.313. The molecular weight excluding hydrogens is 144 g/mol. The minimum absolute atomic E-state index is 0.211. The molecule has 1 amide bonds. The Labute approximate surface area is 66.3 Å². The van der Waals surface area contributed by atoms with Gasteiger partial charge in [0.25, 0.3) is 0 Å². The Morgan fingerprint density at radius 3 is 3.09 bits per heavy atom. The van der Waals surface area contributed by atoms with E-state index in [9.17, 15) is 4.79 Å². The zero-order valence-corrected chi connectivity index (χ0v) is 6.75. The van der Waals surface area contributed by atoms with Gasteiger partial charge in [0.2, 0.25) is 0 Å². The molecule has 64 valence electrons. The van der Waals surface area contributed by atoms with Gasteiger partial charge in [0.05, 0.1) is 6.61 Å². The quantitative estimate of drug-likeness (QED) is 0.617. The highest BCUT2D eigenvalue weighted by Crippen LogP contribution is 2.08. The second kappa shape index (κ2) is 3.57. The number of rotatable bonds is 2. The molecule has 0 aromatic heterocycles. The van der Waals surface area contributed by atoms with E-state index in [0.717, 1.165) is 6.54 Å². The first-order valence-corrected chi connectivity index (χ1v) is 3.89. The third-order valence-electron chi connectivity index (χ3n) is 1.89. The summed E-state index contributed by atoms with van der Waals surface area (Å²) >= 11 is 0. The van der Waals surface area contributed by atoms with Crippen LogP contribution in [0, 0.1) is 5.92 Å². The first-order chi connectivity index (χ1) is 5.27. The Bertz CT molecular complexity index is 149. The van der Waals surface area contributed by atoms with Crippen LogP contribution < -0.4 is 5.73 Å². The van der Waals surface area contributed by atoms with E-state index in [4.69, 9.17) is 10.5 Å². The van der Waals surface area contributed by atoms with Crippen molar-refractivity contribution < 1.29 is 9.53 Å². The lowest BCUT2D eigenvalue weighted by Crippen LogP contribution is -2.45. The van der Waals surface area contributed by atoms with E-state index in [-0.39, 0.29) is 6.09 Å². The smallest absolute Gasteiger partial charge is 0.409 e. The van der Waals surface area contributed by atoms with E-state index in [1.165, 1.54) is 0 Å². The fourth-order valence-corrected chi connectivity index (χ4v) is 1.12. The van der Waals surface area contributed by atoms with Gasteiger partial charge in [-0.05, 0) is 6.92 Å². The molecule has 0 aliphatic carbocycles. The summed E-state index contributed by atoms with van der Waals surface area (Å²) in [7, 11) is 0. The highest BCUT2D eigenvalue weighted by molar-refractivity contribution is 5.68. The third kappa shape index (κ3) is 1.83. The van der Waals surface area contributed by atoms with E-state index in [1.54, 1.807) is 4.90 Å². The van der Waals surface area contributed by atoms with Gasteiger partial charge in [-0.15, -0.1) is 0 Å². The van der Waals surface area contributed by atoms with Gasteiger partial charge in [0.1, 0.15) is 0 Å². The van der Waals surface area contributed by atoms with Gasteiger partial charge in [-0.1, -0.05) is 0 Å². The Hall–Kier alpha value is -0.770. The lowest BCUT2D eigenvalue weighted by molar-refractivity contribution is 0.0476. The summed E-state index contributed by atoms with van der Waals surface area (Å²) in [4.78, 5) is 12.6. The van der Waals surface area contributed by atoms with Crippen LogP contribution in [-0.4, -0.2) is 37.2 Å².